The second-order valence-corrected chi connectivity index (χ2v) is 5.61. The number of carbonyl (C=O) groups is 1. The lowest BCUT2D eigenvalue weighted by atomic mass is 10.1. The predicted molar refractivity (Wildman–Crippen MR) is 90.0 cm³/mol. The number of hydrogen-bond acceptors (Lipinski definition) is 3. The van der Waals surface area contributed by atoms with E-state index in [0.717, 1.165) is 24.0 Å². The number of nitrogens with one attached hydrogen (secondary N) is 1. The summed E-state index contributed by atoms with van der Waals surface area (Å²) in [7, 11) is 1.14. The summed E-state index contributed by atoms with van der Waals surface area (Å²) in [5.74, 6) is -0.193. The number of aryl methyl sites for hydroxylation is 1. The zero-order valence-corrected chi connectivity index (χ0v) is 13.9. The number of rotatable bonds is 5. The van der Waals surface area contributed by atoms with E-state index in [9.17, 15) is 18.0 Å². The van der Waals surface area contributed by atoms with Crippen molar-refractivity contribution in [3.8, 4) is 5.75 Å². The number of benzene rings is 2. The van der Waals surface area contributed by atoms with Gasteiger partial charge in [0, 0.05) is 12.4 Å². The third kappa shape index (κ3) is 3.63. The van der Waals surface area contributed by atoms with Gasteiger partial charge in [-0.05, 0) is 11.5 Å². The maximum Gasteiger partial charge on any atom is 0.433 e. The Morgan fingerprint density at radius 1 is 1.19 bits per heavy atom. The van der Waals surface area contributed by atoms with Crippen LogP contribution in [0, 0.1) is 0 Å². The molecule has 8 heteroatoms. The lowest BCUT2D eigenvalue weighted by Gasteiger charge is -2.11. The zero-order valence-electron chi connectivity index (χ0n) is 13.9. The molecule has 26 heavy (non-hydrogen) atoms. The molecule has 2 aromatic carbocycles. The smallest absolute Gasteiger partial charge is 0.433 e. The van der Waals surface area contributed by atoms with Gasteiger partial charge in [0.15, 0.2) is 5.69 Å². The summed E-state index contributed by atoms with van der Waals surface area (Å²) in [6, 6.07) is 13.3. The molecule has 0 aliphatic heterocycles. The SMILES string of the molecule is Cn1ncc(C(=O)NCCOc2cccc3ccccc23)c1C(F)(F)F. The van der Waals surface area contributed by atoms with Crippen LogP contribution < -0.4 is 10.1 Å². The van der Waals surface area contributed by atoms with Crippen LogP contribution >= 0.6 is 0 Å². The largest absolute Gasteiger partial charge is 0.491 e. The number of amides is 1. The van der Waals surface area contributed by atoms with Crippen LogP contribution in [-0.2, 0) is 13.2 Å². The van der Waals surface area contributed by atoms with E-state index in [-0.39, 0.29) is 13.2 Å². The average molecular weight is 363 g/mol. The van der Waals surface area contributed by atoms with Crippen molar-refractivity contribution in [1.82, 2.24) is 15.1 Å². The number of hydrogen-bond donors (Lipinski definition) is 1. The van der Waals surface area contributed by atoms with Gasteiger partial charge in [-0.1, -0.05) is 36.4 Å². The minimum atomic E-state index is -4.66. The first-order chi connectivity index (χ1) is 12.4. The zero-order chi connectivity index (χ0) is 18.7. The van der Waals surface area contributed by atoms with Gasteiger partial charge in [0.25, 0.3) is 5.91 Å². The monoisotopic (exact) mass is 363 g/mol. The van der Waals surface area contributed by atoms with E-state index in [1.807, 2.05) is 36.4 Å². The number of carbonyl (C=O) groups excluding carboxylic acids is 1. The molecule has 0 atom stereocenters. The molecule has 5 nitrogen and oxygen atoms in total. The van der Waals surface area contributed by atoms with Crippen molar-refractivity contribution in [2.24, 2.45) is 7.05 Å². The lowest BCUT2D eigenvalue weighted by Crippen LogP contribution is -2.30. The highest BCUT2D eigenvalue weighted by Crippen LogP contribution is 2.31. The number of fused-ring (bicyclic) bond motifs is 1. The van der Waals surface area contributed by atoms with Crippen molar-refractivity contribution in [1.29, 1.82) is 0 Å². The number of ether oxygens (including phenoxy) is 1. The van der Waals surface area contributed by atoms with E-state index in [1.54, 1.807) is 6.07 Å². The summed E-state index contributed by atoms with van der Waals surface area (Å²) in [6.45, 7) is 0.190. The van der Waals surface area contributed by atoms with Gasteiger partial charge in [-0.15, -0.1) is 0 Å². The van der Waals surface area contributed by atoms with Gasteiger partial charge in [0.2, 0.25) is 0 Å². The maximum absolute atomic E-state index is 13.0. The van der Waals surface area contributed by atoms with E-state index >= 15 is 0 Å². The minimum Gasteiger partial charge on any atom is -0.491 e. The van der Waals surface area contributed by atoms with E-state index in [4.69, 9.17) is 4.74 Å². The van der Waals surface area contributed by atoms with Crippen molar-refractivity contribution in [3.63, 3.8) is 0 Å². The first-order valence-corrected chi connectivity index (χ1v) is 7.86. The molecule has 3 rings (SSSR count). The van der Waals surface area contributed by atoms with E-state index in [0.29, 0.717) is 10.4 Å². The molecule has 0 spiro atoms. The standard InChI is InChI=1S/C18H16F3N3O2/c1-24-16(18(19,20)21)14(11-23-24)17(25)22-9-10-26-15-8-4-6-12-5-2-3-7-13(12)15/h2-8,11H,9-10H2,1H3,(H,22,25). The predicted octanol–water partition coefficient (Wildman–Crippen LogP) is 3.40. The second kappa shape index (κ2) is 7.07. The first kappa shape index (κ1) is 17.8. The lowest BCUT2D eigenvalue weighted by molar-refractivity contribution is -0.144. The Hall–Kier alpha value is -3.03. The van der Waals surface area contributed by atoms with Crippen LogP contribution in [0.4, 0.5) is 13.2 Å². The van der Waals surface area contributed by atoms with Gasteiger partial charge < -0.3 is 10.1 Å². The van der Waals surface area contributed by atoms with Gasteiger partial charge in [0.1, 0.15) is 12.4 Å². The Labute approximate surface area is 147 Å². The van der Waals surface area contributed by atoms with Crippen LogP contribution in [0.15, 0.2) is 48.7 Å². The summed E-state index contributed by atoms with van der Waals surface area (Å²) < 4.78 is 45.3. The summed E-state index contributed by atoms with van der Waals surface area (Å²) in [6.07, 6.45) is -3.75. The molecule has 0 saturated heterocycles. The van der Waals surface area contributed by atoms with Gasteiger partial charge in [0.05, 0.1) is 18.3 Å². The van der Waals surface area contributed by atoms with Crippen LogP contribution in [0.3, 0.4) is 0 Å². The summed E-state index contributed by atoms with van der Waals surface area (Å²) in [4.78, 5) is 12.0. The molecule has 0 unspecified atom stereocenters. The molecular weight excluding hydrogens is 347 g/mol. The number of halogens is 3. The molecule has 3 aromatic rings. The summed E-state index contributed by atoms with van der Waals surface area (Å²) in [5, 5.41) is 7.88. The van der Waals surface area contributed by atoms with Crippen molar-refractivity contribution < 1.29 is 22.7 Å². The van der Waals surface area contributed by atoms with Crippen LogP contribution in [0.5, 0.6) is 5.75 Å². The Balaban J connectivity index is 1.61. The first-order valence-electron chi connectivity index (χ1n) is 7.86. The number of aromatic nitrogens is 2. The summed E-state index contributed by atoms with van der Waals surface area (Å²) in [5.41, 5.74) is -1.59. The average Bonchev–Trinajstić information content (AvgIpc) is 3.00. The fraction of sp³-hybridized carbons (Fsp3) is 0.222. The number of nitrogens with zero attached hydrogens (tertiary/aromatic N) is 2. The molecule has 0 bridgehead atoms. The van der Waals surface area contributed by atoms with E-state index in [1.165, 1.54) is 0 Å². The molecule has 0 radical (unpaired) electrons. The Morgan fingerprint density at radius 3 is 2.69 bits per heavy atom. The Kier molecular flexibility index (Phi) is 4.83. The van der Waals surface area contributed by atoms with Crippen molar-refractivity contribution in [3.05, 3.63) is 59.9 Å². The van der Waals surface area contributed by atoms with Gasteiger partial charge in [-0.2, -0.15) is 18.3 Å². The number of alkyl halides is 3. The van der Waals surface area contributed by atoms with Crippen molar-refractivity contribution in [2.75, 3.05) is 13.2 Å². The van der Waals surface area contributed by atoms with Crippen LogP contribution in [0.2, 0.25) is 0 Å². The molecule has 1 aromatic heterocycles. The van der Waals surface area contributed by atoms with Gasteiger partial charge in [-0.3, -0.25) is 9.48 Å². The highest BCUT2D eigenvalue weighted by atomic mass is 19.4. The molecule has 1 amide bonds. The molecular formula is C18H16F3N3O2. The third-order valence-electron chi connectivity index (χ3n) is 3.85. The second-order valence-electron chi connectivity index (χ2n) is 5.61. The van der Waals surface area contributed by atoms with Crippen LogP contribution in [0.1, 0.15) is 16.1 Å². The maximum atomic E-state index is 13.0. The summed E-state index contributed by atoms with van der Waals surface area (Å²) >= 11 is 0. The van der Waals surface area contributed by atoms with Crippen LogP contribution in [0.25, 0.3) is 10.8 Å². The molecule has 0 aliphatic carbocycles. The highest BCUT2D eigenvalue weighted by molar-refractivity contribution is 5.95. The van der Waals surface area contributed by atoms with Crippen LogP contribution in [-0.4, -0.2) is 28.8 Å². The molecule has 0 saturated carbocycles. The molecule has 1 N–H and O–H groups in total. The molecule has 1 heterocycles. The quantitative estimate of drug-likeness (QED) is 0.707. The van der Waals surface area contributed by atoms with Crippen molar-refractivity contribution in [2.45, 2.75) is 6.18 Å². The minimum absolute atomic E-state index is 0.0637. The van der Waals surface area contributed by atoms with Gasteiger partial charge >= 0.3 is 6.18 Å². The molecule has 136 valence electrons. The molecule has 0 aliphatic rings. The fourth-order valence-electron chi connectivity index (χ4n) is 2.68. The van der Waals surface area contributed by atoms with Gasteiger partial charge in [-0.25, -0.2) is 0 Å². The molecule has 0 fully saturated rings. The highest BCUT2D eigenvalue weighted by Gasteiger charge is 2.39. The normalized spacial score (nSPS) is 11.5. The third-order valence-corrected chi connectivity index (χ3v) is 3.85. The van der Waals surface area contributed by atoms with E-state index in [2.05, 4.69) is 10.4 Å². The fourth-order valence-corrected chi connectivity index (χ4v) is 2.68. The van der Waals surface area contributed by atoms with Crippen molar-refractivity contribution >= 4 is 16.7 Å². The topological polar surface area (TPSA) is 56.2 Å². The van der Waals surface area contributed by atoms with E-state index < -0.39 is 23.3 Å². The Morgan fingerprint density at radius 2 is 1.92 bits per heavy atom. The Bertz CT molecular complexity index is 930.